The van der Waals surface area contributed by atoms with Gasteiger partial charge in [0.1, 0.15) is 0 Å². The molecular weight excluding hydrogens is 352 g/mol. The van der Waals surface area contributed by atoms with E-state index in [1.807, 2.05) is 0 Å². The van der Waals surface area contributed by atoms with Crippen molar-refractivity contribution >= 4 is 17.8 Å². The van der Waals surface area contributed by atoms with Crippen molar-refractivity contribution in [1.82, 2.24) is 24.8 Å². The highest BCUT2D eigenvalue weighted by atomic mass is 15.3. The van der Waals surface area contributed by atoms with Crippen LogP contribution < -0.4 is 15.5 Å². The van der Waals surface area contributed by atoms with Gasteiger partial charge in [0.25, 0.3) is 0 Å². The van der Waals surface area contributed by atoms with Gasteiger partial charge in [-0.2, -0.15) is 15.0 Å². The van der Waals surface area contributed by atoms with E-state index < -0.39 is 0 Å². The predicted molar refractivity (Wildman–Crippen MR) is 118 cm³/mol. The van der Waals surface area contributed by atoms with Gasteiger partial charge in [0.15, 0.2) is 0 Å². The van der Waals surface area contributed by atoms with E-state index in [-0.39, 0.29) is 0 Å². The van der Waals surface area contributed by atoms with Crippen LogP contribution in [0.5, 0.6) is 0 Å². The van der Waals surface area contributed by atoms with Crippen molar-refractivity contribution in [3.63, 3.8) is 0 Å². The summed E-state index contributed by atoms with van der Waals surface area (Å²) >= 11 is 0. The van der Waals surface area contributed by atoms with Gasteiger partial charge in [0.2, 0.25) is 17.8 Å². The second-order valence-corrected chi connectivity index (χ2v) is 7.24. The average Bonchev–Trinajstić information content (AvgIpc) is 2.75. The lowest BCUT2D eigenvalue weighted by Crippen LogP contribution is -2.33. The molecule has 0 radical (unpaired) electrons. The molecule has 0 bridgehead atoms. The Kier molecular flexibility index (Phi) is 10.3. The summed E-state index contributed by atoms with van der Waals surface area (Å²) in [5.74, 6) is 2.14. The van der Waals surface area contributed by atoms with Gasteiger partial charge in [-0.3, -0.25) is 0 Å². The van der Waals surface area contributed by atoms with Crippen LogP contribution in [0.2, 0.25) is 0 Å². The zero-order chi connectivity index (χ0) is 20.2. The van der Waals surface area contributed by atoms with Crippen LogP contribution in [0.1, 0.15) is 47.0 Å². The minimum Gasteiger partial charge on any atom is -0.353 e. The van der Waals surface area contributed by atoms with Crippen molar-refractivity contribution < 1.29 is 0 Å². The Bertz CT molecular complexity index is 503. The van der Waals surface area contributed by atoms with Gasteiger partial charge in [0.05, 0.1) is 0 Å². The molecule has 160 valence electrons. The number of rotatable bonds is 13. The molecule has 0 unspecified atom stereocenters. The van der Waals surface area contributed by atoms with Gasteiger partial charge in [-0.05, 0) is 45.4 Å². The second kappa shape index (κ2) is 12.7. The first kappa shape index (κ1) is 22.6. The van der Waals surface area contributed by atoms with Crippen LogP contribution in [0.25, 0.3) is 0 Å². The van der Waals surface area contributed by atoms with E-state index in [0.717, 1.165) is 71.4 Å². The summed E-state index contributed by atoms with van der Waals surface area (Å²) < 4.78 is 0. The molecule has 1 fully saturated rings. The lowest BCUT2D eigenvalue weighted by molar-refractivity contribution is 0.315. The van der Waals surface area contributed by atoms with Crippen molar-refractivity contribution in [2.24, 2.45) is 0 Å². The SMILES string of the molecule is CCN(CC)CCNc1nc(NCCN(CC)CC)nc(N2CCCCC2)n1. The fourth-order valence-electron chi connectivity index (χ4n) is 3.49. The molecule has 0 amide bonds. The fraction of sp³-hybridized carbons (Fsp3) is 0.850. The third-order valence-corrected chi connectivity index (χ3v) is 5.47. The van der Waals surface area contributed by atoms with Crippen LogP contribution in [0.15, 0.2) is 0 Å². The van der Waals surface area contributed by atoms with E-state index in [0.29, 0.717) is 11.9 Å². The Labute approximate surface area is 171 Å². The molecule has 8 nitrogen and oxygen atoms in total. The maximum atomic E-state index is 4.70. The average molecular weight is 393 g/mol. The molecule has 28 heavy (non-hydrogen) atoms. The Morgan fingerprint density at radius 2 is 1.18 bits per heavy atom. The summed E-state index contributed by atoms with van der Waals surface area (Å²) in [7, 11) is 0. The molecular formula is C20H40N8. The van der Waals surface area contributed by atoms with E-state index in [4.69, 9.17) is 9.97 Å². The molecule has 1 aliphatic rings. The lowest BCUT2D eigenvalue weighted by atomic mass is 10.1. The van der Waals surface area contributed by atoms with Gasteiger partial charge in [-0.15, -0.1) is 0 Å². The van der Waals surface area contributed by atoms with Gasteiger partial charge in [-0.25, -0.2) is 0 Å². The van der Waals surface area contributed by atoms with Crippen LogP contribution in [-0.2, 0) is 0 Å². The molecule has 2 rings (SSSR count). The minimum absolute atomic E-state index is 0.674. The summed E-state index contributed by atoms with van der Waals surface area (Å²) in [6.45, 7) is 18.7. The normalized spacial score (nSPS) is 14.7. The van der Waals surface area contributed by atoms with Gasteiger partial charge >= 0.3 is 0 Å². The summed E-state index contributed by atoms with van der Waals surface area (Å²) in [6, 6.07) is 0. The van der Waals surface area contributed by atoms with E-state index in [1.54, 1.807) is 0 Å². The highest BCUT2D eigenvalue weighted by Gasteiger charge is 2.16. The molecule has 2 heterocycles. The highest BCUT2D eigenvalue weighted by molar-refractivity contribution is 5.44. The Balaban J connectivity index is 2.02. The van der Waals surface area contributed by atoms with Crippen molar-refractivity contribution in [2.45, 2.75) is 47.0 Å². The number of nitrogens with one attached hydrogen (secondary N) is 2. The number of hydrogen-bond acceptors (Lipinski definition) is 8. The maximum absolute atomic E-state index is 4.70. The van der Waals surface area contributed by atoms with E-state index in [1.165, 1.54) is 19.3 Å². The zero-order valence-corrected chi connectivity index (χ0v) is 18.4. The first-order valence-electron chi connectivity index (χ1n) is 11.1. The van der Waals surface area contributed by atoms with Gasteiger partial charge in [0, 0.05) is 39.3 Å². The molecule has 1 aliphatic heterocycles. The van der Waals surface area contributed by atoms with Crippen LogP contribution >= 0.6 is 0 Å². The van der Waals surface area contributed by atoms with E-state index >= 15 is 0 Å². The summed E-state index contributed by atoms with van der Waals surface area (Å²) in [5, 5.41) is 6.81. The van der Waals surface area contributed by atoms with Crippen LogP contribution in [0, 0.1) is 0 Å². The number of piperidine rings is 1. The number of aromatic nitrogens is 3. The molecule has 0 aromatic carbocycles. The largest absolute Gasteiger partial charge is 0.353 e. The first-order valence-corrected chi connectivity index (χ1v) is 11.1. The zero-order valence-electron chi connectivity index (χ0n) is 18.4. The van der Waals surface area contributed by atoms with E-state index in [2.05, 4.69) is 58.0 Å². The number of hydrogen-bond donors (Lipinski definition) is 2. The quantitative estimate of drug-likeness (QED) is 0.530. The smallest absolute Gasteiger partial charge is 0.231 e. The van der Waals surface area contributed by atoms with Crippen molar-refractivity contribution in [1.29, 1.82) is 0 Å². The standard InChI is InChI=1S/C20H40N8/c1-5-26(6-2)16-12-21-18-23-19(22-13-17-27(7-3)8-4)25-20(24-18)28-14-10-9-11-15-28/h5-17H2,1-4H3,(H2,21,22,23,24,25). The predicted octanol–water partition coefficient (Wildman–Crippen LogP) is 2.37. The minimum atomic E-state index is 0.674. The van der Waals surface area contributed by atoms with Crippen LogP contribution in [-0.4, -0.2) is 90.2 Å². The molecule has 1 aromatic heterocycles. The molecule has 1 saturated heterocycles. The number of likely N-dealkylation sites (N-methyl/N-ethyl adjacent to an activating group) is 2. The summed E-state index contributed by atoms with van der Waals surface area (Å²) in [4.78, 5) is 21.1. The molecule has 0 aliphatic carbocycles. The Morgan fingerprint density at radius 1 is 0.714 bits per heavy atom. The van der Waals surface area contributed by atoms with Crippen LogP contribution in [0.4, 0.5) is 17.8 Å². The molecule has 1 aromatic rings. The first-order chi connectivity index (χ1) is 13.7. The van der Waals surface area contributed by atoms with Crippen molar-refractivity contribution in [3.8, 4) is 0 Å². The topological polar surface area (TPSA) is 72.5 Å². The highest BCUT2D eigenvalue weighted by Crippen LogP contribution is 2.18. The molecule has 8 heteroatoms. The second-order valence-electron chi connectivity index (χ2n) is 7.24. The van der Waals surface area contributed by atoms with Crippen LogP contribution in [0.3, 0.4) is 0 Å². The van der Waals surface area contributed by atoms with Gasteiger partial charge < -0.3 is 25.3 Å². The number of anilines is 3. The third-order valence-electron chi connectivity index (χ3n) is 5.47. The summed E-state index contributed by atoms with van der Waals surface area (Å²) in [6.07, 6.45) is 3.72. The fourth-order valence-corrected chi connectivity index (χ4v) is 3.49. The maximum Gasteiger partial charge on any atom is 0.231 e. The van der Waals surface area contributed by atoms with Crippen molar-refractivity contribution in [3.05, 3.63) is 0 Å². The van der Waals surface area contributed by atoms with Gasteiger partial charge in [-0.1, -0.05) is 27.7 Å². The molecule has 0 atom stereocenters. The molecule has 2 N–H and O–H groups in total. The Hall–Kier alpha value is -1.67. The molecule has 0 spiro atoms. The third kappa shape index (κ3) is 7.39. The monoisotopic (exact) mass is 392 g/mol. The Morgan fingerprint density at radius 3 is 1.61 bits per heavy atom. The lowest BCUT2D eigenvalue weighted by Gasteiger charge is -2.27. The molecule has 0 saturated carbocycles. The number of nitrogens with zero attached hydrogens (tertiary/aromatic N) is 6. The van der Waals surface area contributed by atoms with Crippen molar-refractivity contribution in [2.75, 3.05) is 81.0 Å². The van der Waals surface area contributed by atoms with E-state index in [9.17, 15) is 0 Å². The summed E-state index contributed by atoms with van der Waals surface area (Å²) in [5.41, 5.74) is 0.